The van der Waals surface area contributed by atoms with Gasteiger partial charge in [0.15, 0.2) is 5.60 Å². The van der Waals surface area contributed by atoms with Crippen molar-refractivity contribution in [3.63, 3.8) is 0 Å². The normalized spacial score (nSPS) is 20.3. The number of rotatable bonds is 12. The molecule has 2 aliphatic rings. The monoisotopic (exact) mass is 780 g/mol. The predicted octanol–water partition coefficient (Wildman–Crippen LogP) is 6.50. The topological polar surface area (TPSA) is 117 Å². The summed E-state index contributed by atoms with van der Waals surface area (Å²) < 4.78 is 14.3. The van der Waals surface area contributed by atoms with Gasteiger partial charge in [-0.3, -0.25) is 19.5 Å². The van der Waals surface area contributed by atoms with Gasteiger partial charge < -0.3 is 24.4 Å². The standard InChI is InChI=1S/C46H48N4O6Si/c1-31-43(57(3,4)36-24-22-35(55-2)23-25-36)41(28-42(52)48(26-27-51)29-32-12-6-5-7-13-32)56-46(31)38-15-9-11-17-40(38)49(45(46)54)30-33-18-20-34(21-19-33)50-44(53)37-14-8-10-16-39(37)47-50/h5-25,31,41,43,47,51H,26-30H2,1-4H3/t31-,41+,43-,46+/m1/s1. The summed E-state index contributed by atoms with van der Waals surface area (Å²) in [6.07, 6.45) is -0.501. The van der Waals surface area contributed by atoms with Gasteiger partial charge in [0.2, 0.25) is 5.91 Å². The van der Waals surface area contributed by atoms with Crippen molar-refractivity contribution in [2.24, 2.45) is 5.92 Å². The van der Waals surface area contributed by atoms with E-state index >= 15 is 4.79 Å². The van der Waals surface area contributed by atoms with Gasteiger partial charge in [0.1, 0.15) is 5.75 Å². The smallest absolute Gasteiger partial charge is 0.279 e. The molecule has 0 unspecified atom stereocenters. The van der Waals surface area contributed by atoms with Crippen molar-refractivity contribution in [1.82, 2.24) is 14.7 Å². The predicted molar refractivity (Wildman–Crippen MR) is 225 cm³/mol. The third kappa shape index (κ3) is 6.69. The van der Waals surface area contributed by atoms with Crippen LogP contribution in [0.3, 0.4) is 0 Å². The first-order valence-corrected chi connectivity index (χ1v) is 22.6. The molecule has 0 aliphatic carbocycles. The molecule has 1 spiro atoms. The number of hydrogen-bond donors (Lipinski definition) is 2. The quantitative estimate of drug-likeness (QED) is 0.137. The lowest BCUT2D eigenvalue weighted by molar-refractivity contribution is -0.150. The van der Waals surface area contributed by atoms with Crippen molar-refractivity contribution in [1.29, 1.82) is 0 Å². The second-order valence-corrected chi connectivity index (χ2v) is 20.4. The molecule has 3 heterocycles. The number of nitrogens with zero attached hydrogens (tertiary/aromatic N) is 3. The Morgan fingerprint density at radius 1 is 0.877 bits per heavy atom. The molecule has 0 radical (unpaired) electrons. The number of nitrogens with one attached hydrogen (secondary N) is 1. The molecule has 1 fully saturated rings. The number of H-pyrrole nitrogens is 1. The summed E-state index contributed by atoms with van der Waals surface area (Å²) in [5.74, 6) is 0.203. The fourth-order valence-electron chi connectivity index (χ4n) is 9.32. The maximum Gasteiger partial charge on any atom is 0.279 e. The Hall–Kier alpha value is -5.75. The fraction of sp³-hybridized carbons (Fsp3) is 0.283. The summed E-state index contributed by atoms with van der Waals surface area (Å²) in [7, 11) is -0.851. The molecule has 57 heavy (non-hydrogen) atoms. The Balaban J connectivity index is 1.14. The Bertz CT molecular complexity index is 2460. The molecule has 0 saturated carbocycles. The molecule has 2 aliphatic heterocycles. The number of aliphatic hydroxyl groups excluding tert-OH is 1. The molecule has 4 atom stereocenters. The average molecular weight is 781 g/mol. The first-order valence-electron chi connectivity index (χ1n) is 19.5. The van der Waals surface area contributed by atoms with E-state index < -0.39 is 19.8 Å². The van der Waals surface area contributed by atoms with Crippen LogP contribution in [0.2, 0.25) is 18.6 Å². The van der Waals surface area contributed by atoms with Gasteiger partial charge in [0.25, 0.3) is 11.5 Å². The molecule has 6 aromatic rings. The Morgan fingerprint density at radius 3 is 2.26 bits per heavy atom. The van der Waals surface area contributed by atoms with Crippen LogP contribution in [0.15, 0.2) is 132 Å². The third-order valence-electron chi connectivity index (χ3n) is 12.2. The number of hydrogen-bond acceptors (Lipinski definition) is 6. The number of benzene rings is 5. The summed E-state index contributed by atoms with van der Waals surface area (Å²) in [5.41, 5.74) is 3.33. The van der Waals surface area contributed by atoms with Crippen LogP contribution in [0.4, 0.5) is 5.69 Å². The zero-order valence-electron chi connectivity index (χ0n) is 32.7. The highest BCUT2D eigenvalue weighted by molar-refractivity contribution is 6.91. The Labute approximate surface area is 333 Å². The van der Waals surface area contributed by atoms with E-state index in [9.17, 15) is 14.7 Å². The average Bonchev–Trinajstić information content (AvgIpc) is 3.81. The highest BCUT2D eigenvalue weighted by atomic mass is 28.3. The Kier molecular flexibility index (Phi) is 10.2. The lowest BCUT2D eigenvalue weighted by Crippen LogP contribution is -2.52. The molecule has 292 valence electrons. The highest BCUT2D eigenvalue weighted by Crippen LogP contribution is 2.60. The van der Waals surface area contributed by atoms with Gasteiger partial charge in [-0.1, -0.05) is 110 Å². The van der Waals surface area contributed by atoms with Gasteiger partial charge in [-0.05, 0) is 59.1 Å². The minimum atomic E-state index is -2.50. The maximum absolute atomic E-state index is 15.3. The molecule has 1 aromatic heterocycles. The molecular weight excluding hydrogens is 733 g/mol. The minimum Gasteiger partial charge on any atom is -0.497 e. The number of aromatic nitrogens is 2. The van der Waals surface area contributed by atoms with Crippen LogP contribution in [0.1, 0.15) is 30.0 Å². The number of carbonyl (C=O) groups is 2. The zero-order chi connectivity index (χ0) is 39.9. The SMILES string of the molecule is COc1ccc([Si](C)(C)[C@H]2[C@H](CC(=O)N(CCO)Cc3ccccc3)O[C@@]3(C(=O)N(Cc4ccc(-n5[nH]c6ccccc6c5=O)cc4)c4ccccc43)[C@@H]2C)cc1. The summed E-state index contributed by atoms with van der Waals surface area (Å²) >= 11 is 0. The first-order chi connectivity index (χ1) is 27.6. The molecule has 11 heteroatoms. The van der Waals surface area contributed by atoms with Gasteiger partial charge in [0, 0.05) is 24.6 Å². The largest absolute Gasteiger partial charge is 0.497 e. The second-order valence-electron chi connectivity index (χ2n) is 15.8. The van der Waals surface area contributed by atoms with Crippen LogP contribution in [-0.2, 0) is 33.0 Å². The number of amides is 2. The van der Waals surface area contributed by atoms with Crippen LogP contribution < -0.4 is 20.4 Å². The number of fused-ring (bicyclic) bond motifs is 3. The van der Waals surface area contributed by atoms with E-state index in [1.54, 1.807) is 18.1 Å². The van der Waals surface area contributed by atoms with Crippen molar-refractivity contribution in [2.75, 3.05) is 25.2 Å². The van der Waals surface area contributed by atoms with Crippen LogP contribution in [0.25, 0.3) is 16.6 Å². The van der Waals surface area contributed by atoms with Crippen molar-refractivity contribution in [3.8, 4) is 11.4 Å². The van der Waals surface area contributed by atoms with Gasteiger partial charge in [-0.15, -0.1) is 0 Å². The first kappa shape index (κ1) is 38.1. The van der Waals surface area contributed by atoms with Crippen molar-refractivity contribution in [3.05, 3.63) is 154 Å². The third-order valence-corrected chi connectivity index (χ3v) is 16.5. The second kappa shape index (κ2) is 15.3. The number of carbonyl (C=O) groups excluding carboxylic acids is 2. The number of methoxy groups -OCH3 is 1. The lowest BCUT2D eigenvalue weighted by Gasteiger charge is -2.37. The number of para-hydroxylation sites is 2. The number of aliphatic hydroxyl groups is 1. The molecule has 1 saturated heterocycles. The number of ether oxygens (including phenoxy) is 2. The van der Waals surface area contributed by atoms with Crippen LogP contribution >= 0.6 is 0 Å². The van der Waals surface area contributed by atoms with Crippen molar-refractivity contribution < 1.29 is 24.2 Å². The van der Waals surface area contributed by atoms with Crippen LogP contribution in [-0.4, -0.2) is 66.0 Å². The van der Waals surface area contributed by atoms with Gasteiger partial charge in [-0.25, -0.2) is 4.68 Å². The summed E-state index contributed by atoms with van der Waals surface area (Å²) in [6, 6.07) is 40.9. The zero-order valence-corrected chi connectivity index (χ0v) is 33.7. The van der Waals surface area contributed by atoms with Crippen LogP contribution in [0.5, 0.6) is 5.75 Å². The Morgan fingerprint density at radius 2 is 1.56 bits per heavy atom. The van der Waals surface area contributed by atoms with Crippen molar-refractivity contribution in [2.45, 2.75) is 56.8 Å². The van der Waals surface area contributed by atoms with E-state index in [0.717, 1.165) is 33.6 Å². The van der Waals surface area contributed by atoms with E-state index in [-0.39, 0.29) is 48.4 Å². The van der Waals surface area contributed by atoms with E-state index in [4.69, 9.17) is 9.47 Å². The molecule has 2 N–H and O–H groups in total. The maximum atomic E-state index is 15.3. The highest BCUT2D eigenvalue weighted by Gasteiger charge is 2.66. The van der Waals surface area contributed by atoms with Gasteiger partial charge >= 0.3 is 0 Å². The minimum absolute atomic E-state index is 0.0697. The van der Waals surface area contributed by atoms with E-state index in [2.05, 4.69) is 37.2 Å². The molecule has 10 nitrogen and oxygen atoms in total. The van der Waals surface area contributed by atoms with Crippen LogP contribution in [0, 0.1) is 5.92 Å². The van der Waals surface area contributed by atoms with E-state index in [1.807, 2.05) is 114 Å². The molecule has 2 amide bonds. The van der Waals surface area contributed by atoms with Gasteiger partial charge in [0.05, 0.1) is 63.1 Å². The van der Waals surface area contributed by atoms with Gasteiger partial charge in [-0.2, -0.15) is 0 Å². The fourth-order valence-corrected chi connectivity index (χ4v) is 13.3. The molecule has 0 bridgehead atoms. The molecular formula is C46H48N4O6Si. The number of anilines is 1. The number of aromatic amines is 1. The van der Waals surface area contributed by atoms with E-state index in [1.165, 1.54) is 9.87 Å². The van der Waals surface area contributed by atoms with Crippen molar-refractivity contribution >= 4 is 41.7 Å². The lowest BCUT2D eigenvalue weighted by atomic mass is 9.82. The summed E-state index contributed by atoms with van der Waals surface area (Å²) in [6.45, 7) is 7.40. The molecule has 5 aromatic carbocycles. The van der Waals surface area contributed by atoms with E-state index in [0.29, 0.717) is 24.2 Å². The summed E-state index contributed by atoms with van der Waals surface area (Å²) in [5, 5.41) is 15.0. The molecule has 8 rings (SSSR count). The summed E-state index contributed by atoms with van der Waals surface area (Å²) in [4.78, 5) is 46.2.